The molecular formula is C10H13NO3. The van der Waals surface area contributed by atoms with Gasteiger partial charge in [0.2, 0.25) is 6.08 Å². The van der Waals surface area contributed by atoms with Crippen LogP contribution >= 0.6 is 0 Å². The molecule has 4 heteroatoms. The number of hydrogen-bond donors (Lipinski definition) is 0. The standard InChI is InChI=1S/C10H13NO3/c12-7-11-10(5-9(13)6-10)8-1-3-14-4-2-8/h8H,1-6H2. The van der Waals surface area contributed by atoms with Gasteiger partial charge in [0.1, 0.15) is 5.78 Å². The van der Waals surface area contributed by atoms with Crippen molar-refractivity contribution >= 4 is 11.9 Å². The summed E-state index contributed by atoms with van der Waals surface area (Å²) in [5.41, 5.74) is -0.414. The van der Waals surface area contributed by atoms with E-state index in [2.05, 4.69) is 4.99 Å². The lowest BCUT2D eigenvalue weighted by Gasteiger charge is -2.43. The summed E-state index contributed by atoms with van der Waals surface area (Å²) in [5.74, 6) is 0.533. The molecule has 1 saturated carbocycles. The maximum atomic E-state index is 11.0. The number of Topliss-reactive ketones (excluding diaryl/α,β-unsaturated/α-hetero) is 1. The number of isocyanates is 1. The molecule has 0 bridgehead atoms. The van der Waals surface area contributed by atoms with Crippen molar-refractivity contribution in [2.75, 3.05) is 13.2 Å². The second kappa shape index (κ2) is 3.64. The summed E-state index contributed by atoms with van der Waals surface area (Å²) in [6.45, 7) is 1.43. The predicted molar refractivity (Wildman–Crippen MR) is 48.6 cm³/mol. The molecule has 0 spiro atoms. The van der Waals surface area contributed by atoms with Gasteiger partial charge in [-0.25, -0.2) is 4.79 Å². The molecule has 14 heavy (non-hydrogen) atoms. The third-order valence-electron chi connectivity index (χ3n) is 3.26. The van der Waals surface area contributed by atoms with Crippen LogP contribution in [0.5, 0.6) is 0 Å². The van der Waals surface area contributed by atoms with E-state index < -0.39 is 5.54 Å². The topological polar surface area (TPSA) is 55.7 Å². The molecule has 76 valence electrons. The summed E-state index contributed by atoms with van der Waals surface area (Å²) in [6.07, 6.45) is 4.26. The van der Waals surface area contributed by atoms with E-state index in [-0.39, 0.29) is 5.78 Å². The molecule has 4 nitrogen and oxygen atoms in total. The highest BCUT2D eigenvalue weighted by Crippen LogP contribution is 2.43. The van der Waals surface area contributed by atoms with Crippen LogP contribution in [-0.2, 0) is 14.3 Å². The summed E-state index contributed by atoms with van der Waals surface area (Å²) in [5, 5.41) is 0. The average molecular weight is 195 g/mol. The Labute approximate surface area is 82.3 Å². The first-order valence-corrected chi connectivity index (χ1v) is 4.95. The first-order valence-electron chi connectivity index (χ1n) is 4.95. The number of ether oxygens (including phenoxy) is 1. The lowest BCUT2D eigenvalue weighted by molar-refractivity contribution is -0.131. The first kappa shape index (κ1) is 9.56. The number of carbonyl (C=O) groups excluding carboxylic acids is 2. The van der Waals surface area contributed by atoms with Crippen LogP contribution in [0.1, 0.15) is 25.7 Å². The highest BCUT2D eigenvalue weighted by Gasteiger charge is 2.49. The van der Waals surface area contributed by atoms with Crippen LogP contribution in [0.4, 0.5) is 0 Å². The van der Waals surface area contributed by atoms with Crippen LogP contribution in [-0.4, -0.2) is 30.6 Å². The van der Waals surface area contributed by atoms with Crippen LogP contribution in [0, 0.1) is 5.92 Å². The van der Waals surface area contributed by atoms with E-state index in [0.717, 1.165) is 26.1 Å². The van der Waals surface area contributed by atoms with Crippen molar-refractivity contribution in [3.63, 3.8) is 0 Å². The Balaban J connectivity index is 2.10. The van der Waals surface area contributed by atoms with Crippen LogP contribution < -0.4 is 0 Å². The molecule has 2 fully saturated rings. The summed E-state index contributed by atoms with van der Waals surface area (Å²) < 4.78 is 5.24. The van der Waals surface area contributed by atoms with E-state index in [9.17, 15) is 9.59 Å². The SMILES string of the molecule is O=C=NC1(C2CCOCC2)CC(=O)C1. The molecule has 1 saturated heterocycles. The smallest absolute Gasteiger partial charge is 0.235 e. The zero-order chi connectivity index (χ0) is 10.0. The highest BCUT2D eigenvalue weighted by molar-refractivity contribution is 5.88. The zero-order valence-electron chi connectivity index (χ0n) is 7.99. The Bertz CT molecular complexity index is 280. The first-order chi connectivity index (χ1) is 6.77. The monoisotopic (exact) mass is 195 g/mol. The fourth-order valence-electron chi connectivity index (χ4n) is 2.42. The molecule has 1 aliphatic heterocycles. The fraction of sp³-hybridized carbons (Fsp3) is 0.800. The summed E-state index contributed by atoms with van der Waals surface area (Å²) in [6, 6.07) is 0. The molecule has 2 aliphatic rings. The van der Waals surface area contributed by atoms with Crippen molar-refractivity contribution in [1.29, 1.82) is 0 Å². The molecule has 0 aromatic heterocycles. The van der Waals surface area contributed by atoms with Crippen molar-refractivity contribution in [3.05, 3.63) is 0 Å². The van der Waals surface area contributed by atoms with Gasteiger partial charge < -0.3 is 4.74 Å². The molecule has 0 aromatic rings. The van der Waals surface area contributed by atoms with E-state index in [1.54, 1.807) is 6.08 Å². The Morgan fingerprint density at radius 3 is 2.50 bits per heavy atom. The molecule has 0 unspecified atom stereocenters. The Morgan fingerprint density at radius 2 is 2.00 bits per heavy atom. The van der Waals surface area contributed by atoms with Gasteiger partial charge in [-0.3, -0.25) is 4.79 Å². The van der Waals surface area contributed by atoms with Gasteiger partial charge >= 0.3 is 0 Å². The van der Waals surface area contributed by atoms with Crippen molar-refractivity contribution in [2.45, 2.75) is 31.2 Å². The van der Waals surface area contributed by atoms with Gasteiger partial charge in [0.05, 0.1) is 5.54 Å². The maximum Gasteiger partial charge on any atom is 0.235 e. The van der Waals surface area contributed by atoms with Crippen LogP contribution in [0.2, 0.25) is 0 Å². The van der Waals surface area contributed by atoms with E-state index in [0.29, 0.717) is 18.8 Å². The number of nitrogens with zero attached hydrogens (tertiary/aromatic N) is 1. The minimum Gasteiger partial charge on any atom is -0.381 e. The van der Waals surface area contributed by atoms with Crippen LogP contribution in [0.3, 0.4) is 0 Å². The molecule has 1 aliphatic carbocycles. The zero-order valence-corrected chi connectivity index (χ0v) is 7.99. The molecule has 0 aromatic carbocycles. The van der Waals surface area contributed by atoms with Gasteiger partial charge in [-0.05, 0) is 18.8 Å². The van der Waals surface area contributed by atoms with Gasteiger partial charge in [-0.2, -0.15) is 4.99 Å². The minimum atomic E-state index is -0.414. The van der Waals surface area contributed by atoms with Crippen molar-refractivity contribution in [2.24, 2.45) is 10.9 Å². The summed E-state index contributed by atoms with van der Waals surface area (Å²) >= 11 is 0. The molecule has 0 radical (unpaired) electrons. The quantitative estimate of drug-likeness (QED) is 0.485. The Kier molecular flexibility index (Phi) is 2.48. The Hall–Kier alpha value is -0.990. The van der Waals surface area contributed by atoms with E-state index >= 15 is 0 Å². The molecular weight excluding hydrogens is 182 g/mol. The van der Waals surface area contributed by atoms with Gasteiger partial charge in [0.25, 0.3) is 0 Å². The third-order valence-corrected chi connectivity index (χ3v) is 3.26. The fourth-order valence-corrected chi connectivity index (χ4v) is 2.42. The van der Waals surface area contributed by atoms with Gasteiger partial charge in [-0.15, -0.1) is 0 Å². The van der Waals surface area contributed by atoms with Crippen LogP contribution in [0.25, 0.3) is 0 Å². The lowest BCUT2D eigenvalue weighted by Crippen LogP contribution is -2.50. The normalized spacial score (nSPS) is 26.4. The van der Waals surface area contributed by atoms with Gasteiger partial charge in [0, 0.05) is 26.1 Å². The maximum absolute atomic E-state index is 11.0. The predicted octanol–water partition coefficient (Wildman–Crippen LogP) is 0.850. The molecule has 0 N–H and O–H groups in total. The van der Waals surface area contributed by atoms with Crippen LogP contribution in [0.15, 0.2) is 4.99 Å². The second-order valence-electron chi connectivity index (χ2n) is 4.09. The molecule has 1 heterocycles. The lowest BCUT2D eigenvalue weighted by atomic mass is 9.65. The van der Waals surface area contributed by atoms with E-state index in [1.165, 1.54) is 0 Å². The molecule has 0 atom stereocenters. The molecule has 0 amide bonds. The number of hydrogen-bond acceptors (Lipinski definition) is 4. The van der Waals surface area contributed by atoms with Crippen molar-refractivity contribution in [1.82, 2.24) is 0 Å². The summed E-state index contributed by atoms with van der Waals surface area (Å²) in [4.78, 5) is 25.2. The molecule has 2 rings (SSSR count). The van der Waals surface area contributed by atoms with Crippen molar-refractivity contribution < 1.29 is 14.3 Å². The second-order valence-corrected chi connectivity index (χ2v) is 4.09. The van der Waals surface area contributed by atoms with E-state index in [1.807, 2.05) is 0 Å². The van der Waals surface area contributed by atoms with Crippen molar-refractivity contribution in [3.8, 4) is 0 Å². The largest absolute Gasteiger partial charge is 0.381 e. The number of rotatable bonds is 2. The Morgan fingerprint density at radius 1 is 1.36 bits per heavy atom. The number of carbonyl (C=O) groups is 1. The van der Waals surface area contributed by atoms with Gasteiger partial charge in [-0.1, -0.05) is 0 Å². The third kappa shape index (κ3) is 1.51. The highest BCUT2D eigenvalue weighted by atomic mass is 16.5. The summed E-state index contributed by atoms with van der Waals surface area (Å²) in [7, 11) is 0. The van der Waals surface area contributed by atoms with E-state index in [4.69, 9.17) is 4.74 Å². The number of aliphatic imine (C=N–C) groups is 1. The van der Waals surface area contributed by atoms with Gasteiger partial charge in [0.15, 0.2) is 0 Å². The number of ketones is 1. The average Bonchev–Trinajstić information content (AvgIpc) is 2.17. The minimum absolute atomic E-state index is 0.204.